The zero-order valence-corrected chi connectivity index (χ0v) is 18.3. The minimum Gasteiger partial charge on any atom is -0.493 e. The van der Waals surface area contributed by atoms with Crippen LogP contribution in [0.1, 0.15) is 48.9 Å². The lowest BCUT2D eigenvalue weighted by Gasteiger charge is -2.31. The second-order valence-electron chi connectivity index (χ2n) is 8.11. The summed E-state index contributed by atoms with van der Waals surface area (Å²) in [7, 11) is 4.70. The van der Waals surface area contributed by atoms with Crippen LogP contribution in [-0.4, -0.2) is 55.4 Å². The zero-order chi connectivity index (χ0) is 21.8. The summed E-state index contributed by atoms with van der Waals surface area (Å²) in [6.45, 7) is 1.45. The van der Waals surface area contributed by atoms with E-state index >= 15 is 0 Å². The molecule has 1 unspecified atom stereocenters. The molecule has 8 heteroatoms. The summed E-state index contributed by atoms with van der Waals surface area (Å²) in [4.78, 5) is 19.2. The second-order valence-corrected chi connectivity index (χ2v) is 8.11. The summed E-state index contributed by atoms with van der Waals surface area (Å²) in [5.41, 5.74) is 0.801. The van der Waals surface area contributed by atoms with E-state index in [4.69, 9.17) is 18.7 Å². The lowest BCUT2D eigenvalue weighted by atomic mass is 9.94. The smallest absolute Gasteiger partial charge is 0.246 e. The van der Waals surface area contributed by atoms with Gasteiger partial charge in [-0.15, -0.1) is 0 Å². The van der Waals surface area contributed by atoms with E-state index in [9.17, 15) is 4.79 Å². The fourth-order valence-electron chi connectivity index (χ4n) is 4.01. The van der Waals surface area contributed by atoms with E-state index in [1.54, 1.807) is 33.5 Å². The Morgan fingerprint density at radius 1 is 1.16 bits per heavy atom. The molecule has 0 spiro atoms. The van der Waals surface area contributed by atoms with Crippen LogP contribution in [0.5, 0.6) is 17.2 Å². The highest BCUT2D eigenvalue weighted by atomic mass is 16.5. The van der Waals surface area contributed by atoms with E-state index < -0.39 is 0 Å². The molecular formula is C23H29N3O5. The molecular weight excluding hydrogens is 398 g/mol. The van der Waals surface area contributed by atoms with E-state index in [0.717, 1.165) is 50.0 Å². The maximum Gasteiger partial charge on any atom is 0.246 e. The van der Waals surface area contributed by atoms with E-state index in [2.05, 4.69) is 10.1 Å². The maximum absolute atomic E-state index is 12.8. The molecule has 0 N–H and O–H groups in total. The Morgan fingerprint density at radius 2 is 1.90 bits per heavy atom. The number of methoxy groups -OCH3 is 3. The van der Waals surface area contributed by atoms with Gasteiger partial charge in [0.15, 0.2) is 17.3 Å². The number of piperidine rings is 1. The fraction of sp³-hybridized carbons (Fsp3) is 0.522. The van der Waals surface area contributed by atoms with Gasteiger partial charge < -0.3 is 23.6 Å². The first-order valence-electron chi connectivity index (χ1n) is 10.7. The van der Waals surface area contributed by atoms with Crippen LogP contribution in [0.25, 0.3) is 6.08 Å². The van der Waals surface area contributed by atoms with E-state index in [0.29, 0.717) is 41.5 Å². The summed E-state index contributed by atoms with van der Waals surface area (Å²) < 4.78 is 21.5. The topological polar surface area (TPSA) is 86.9 Å². The van der Waals surface area contributed by atoms with Gasteiger partial charge in [-0.2, -0.15) is 4.98 Å². The molecule has 166 valence electrons. The van der Waals surface area contributed by atoms with Crippen molar-refractivity contribution in [3.63, 3.8) is 0 Å². The van der Waals surface area contributed by atoms with Gasteiger partial charge in [-0.1, -0.05) is 5.16 Å². The number of rotatable bonds is 8. The highest BCUT2D eigenvalue weighted by molar-refractivity contribution is 5.92. The number of aromatic nitrogens is 2. The quantitative estimate of drug-likeness (QED) is 0.596. The molecule has 4 rings (SSSR count). The number of benzene rings is 1. The van der Waals surface area contributed by atoms with Crippen molar-refractivity contribution >= 4 is 12.0 Å². The van der Waals surface area contributed by atoms with Gasteiger partial charge in [0.2, 0.25) is 17.5 Å². The van der Waals surface area contributed by atoms with Gasteiger partial charge in [-0.05, 0) is 55.4 Å². The minimum atomic E-state index is -0.0114. The Hall–Kier alpha value is -3.03. The average molecular weight is 428 g/mol. The molecule has 2 heterocycles. The highest BCUT2D eigenvalue weighted by Gasteiger charge is 2.30. The number of likely N-dealkylation sites (tertiary alicyclic amines) is 1. The summed E-state index contributed by atoms with van der Waals surface area (Å²) in [5, 5.41) is 4.09. The number of carbonyl (C=O) groups is 1. The first kappa shape index (κ1) is 21.2. The average Bonchev–Trinajstić information content (AvgIpc) is 3.55. The molecule has 1 atom stereocenters. The molecule has 1 amide bonds. The first-order valence-corrected chi connectivity index (χ1v) is 10.7. The largest absolute Gasteiger partial charge is 0.493 e. The zero-order valence-electron chi connectivity index (χ0n) is 18.3. The van der Waals surface area contributed by atoms with Crippen molar-refractivity contribution in [2.45, 2.75) is 38.0 Å². The Balaban J connectivity index is 1.38. The van der Waals surface area contributed by atoms with Crippen molar-refractivity contribution < 1.29 is 23.5 Å². The van der Waals surface area contributed by atoms with Crippen molar-refractivity contribution in [1.82, 2.24) is 15.0 Å². The van der Waals surface area contributed by atoms with Crippen LogP contribution in [0.4, 0.5) is 0 Å². The molecule has 0 bridgehead atoms. The third-order valence-corrected chi connectivity index (χ3v) is 5.83. The normalized spacial score (nSPS) is 18.9. The Labute approximate surface area is 182 Å². The number of nitrogens with zero attached hydrogens (tertiary/aromatic N) is 3. The van der Waals surface area contributed by atoms with Gasteiger partial charge in [-0.3, -0.25) is 4.79 Å². The molecule has 31 heavy (non-hydrogen) atoms. The molecule has 1 aliphatic heterocycles. The minimum absolute atomic E-state index is 0.0114. The lowest BCUT2D eigenvalue weighted by Crippen LogP contribution is -2.39. The number of amides is 1. The van der Waals surface area contributed by atoms with Crippen LogP contribution in [-0.2, 0) is 11.2 Å². The molecule has 2 fully saturated rings. The molecule has 1 aromatic carbocycles. The van der Waals surface area contributed by atoms with Crippen LogP contribution < -0.4 is 14.2 Å². The predicted molar refractivity (Wildman–Crippen MR) is 114 cm³/mol. The van der Waals surface area contributed by atoms with E-state index in [-0.39, 0.29) is 5.91 Å². The molecule has 8 nitrogen and oxygen atoms in total. The maximum atomic E-state index is 12.8. The number of ether oxygens (including phenoxy) is 3. The van der Waals surface area contributed by atoms with Crippen molar-refractivity contribution in [3.8, 4) is 17.2 Å². The lowest BCUT2D eigenvalue weighted by molar-refractivity contribution is -0.127. The van der Waals surface area contributed by atoms with E-state index in [1.165, 1.54) is 0 Å². The fourth-order valence-corrected chi connectivity index (χ4v) is 4.01. The van der Waals surface area contributed by atoms with Gasteiger partial charge in [0.05, 0.1) is 21.3 Å². The van der Waals surface area contributed by atoms with E-state index in [1.807, 2.05) is 17.0 Å². The number of carbonyl (C=O) groups excluding carboxylic acids is 1. The van der Waals surface area contributed by atoms with Crippen molar-refractivity contribution in [2.24, 2.45) is 5.92 Å². The SMILES string of the molecule is COc1cc(C=CC(=O)N2CCCC(Cc3nc(C4CC4)no3)C2)cc(OC)c1OC. The van der Waals surface area contributed by atoms with Gasteiger partial charge in [0, 0.05) is 31.5 Å². The van der Waals surface area contributed by atoms with Crippen molar-refractivity contribution in [2.75, 3.05) is 34.4 Å². The van der Waals surface area contributed by atoms with Crippen molar-refractivity contribution in [3.05, 3.63) is 35.5 Å². The molecule has 1 aromatic heterocycles. The summed E-state index contributed by atoms with van der Waals surface area (Å²) in [6, 6.07) is 3.63. The predicted octanol–water partition coefficient (Wildman–Crippen LogP) is 3.47. The molecule has 1 saturated carbocycles. The molecule has 2 aliphatic rings. The van der Waals surface area contributed by atoms with Crippen LogP contribution in [0.2, 0.25) is 0 Å². The highest BCUT2D eigenvalue weighted by Crippen LogP contribution is 2.39. The monoisotopic (exact) mass is 427 g/mol. The Morgan fingerprint density at radius 3 is 2.55 bits per heavy atom. The molecule has 1 aliphatic carbocycles. The van der Waals surface area contributed by atoms with Gasteiger partial charge in [0.25, 0.3) is 0 Å². The third kappa shape index (κ3) is 5.00. The van der Waals surface area contributed by atoms with Crippen LogP contribution >= 0.6 is 0 Å². The van der Waals surface area contributed by atoms with Crippen molar-refractivity contribution in [1.29, 1.82) is 0 Å². The van der Waals surface area contributed by atoms with Crippen LogP contribution in [0.15, 0.2) is 22.7 Å². The second kappa shape index (κ2) is 9.41. The first-order chi connectivity index (χ1) is 15.1. The number of hydrogen-bond donors (Lipinski definition) is 0. The summed E-state index contributed by atoms with van der Waals surface area (Å²) >= 11 is 0. The molecule has 0 radical (unpaired) electrons. The summed E-state index contributed by atoms with van der Waals surface area (Å²) in [5.74, 6) is 3.97. The van der Waals surface area contributed by atoms with Gasteiger partial charge >= 0.3 is 0 Å². The number of hydrogen-bond acceptors (Lipinski definition) is 7. The molecule has 1 saturated heterocycles. The third-order valence-electron chi connectivity index (χ3n) is 5.83. The van der Waals surface area contributed by atoms with Gasteiger partial charge in [0.1, 0.15) is 0 Å². The Bertz CT molecular complexity index is 925. The van der Waals surface area contributed by atoms with Crippen LogP contribution in [0, 0.1) is 5.92 Å². The summed E-state index contributed by atoms with van der Waals surface area (Å²) in [6.07, 6.45) is 8.43. The Kier molecular flexibility index (Phi) is 6.44. The van der Waals surface area contributed by atoms with Crippen LogP contribution in [0.3, 0.4) is 0 Å². The standard InChI is InChI=1S/C23H29N3O5/c1-28-18-11-15(12-19(29-2)22(18)30-3)6-9-21(27)26-10-4-5-16(14-26)13-20-24-23(25-31-20)17-7-8-17/h6,9,11-12,16-17H,4-5,7-8,10,13-14H2,1-3H3. The van der Waals surface area contributed by atoms with Gasteiger partial charge in [-0.25, -0.2) is 0 Å². The molecule has 2 aromatic rings.